The number of aryl methyl sites for hydroxylation is 4. The lowest BCUT2D eigenvalue weighted by molar-refractivity contribution is -0.128. The first-order valence-electron chi connectivity index (χ1n) is 8.93. The van der Waals surface area contributed by atoms with Crippen molar-refractivity contribution in [2.45, 2.75) is 60.1 Å². The largest absolute Gasteiger partial charge is 0.480 e. The molecule has 2 atom stereocenters. The number of nitrogens with one attached hydrogen (secondary N) is 1. The highest BCUT2D eigenvalue weighted by Crippen LogP contribution is 2.22. The van der Waals surface area contributed by atoms with Crippen LogP contribution in [-0.4, -0.2) is 12.0 Å². The van der Waals surface area contributed by atoms with Crippen LogP contribution in [0.15, 0.2) is 36.4 Å². The molecule has 0 aliphatic rings. The van der Waals surface area contributed by atoms with Gasteiger partial charge in [-0.15, -0.1) is 0 Å². The van der Waals surface area contributed by atoms with Crippen LogP contribution in [0.5, 0.6) is 5.75 Å². The predicted octanol–water partition coefficient (Wildman–Crippen LogP) is 4.96. The highest BCUT2D eigenvalue weighted by molar-refractivity contribution is 5.81. The predicted molar refractivity (Wildman–Crippen MR) is 103 cm³/mol. The van der Waals surface area contributed by atoms with Crippen molar-refractivity contribution in [2.75, 3.05) is 0 Å². The third-order valence-corrected chi connectivity index (χ3v) is 4.51. The van der Waals surface area contributed by atoms with Gasteiger partial charge in [-0.3, -0.25) is 4.79 Å². The van der Waals surface area contributed by atoms with E-state index in [2.05, 4.69) is 43.4 Å². The molecule has 0 bridgehead atoms. The normalized spacial score (nSPS) is 13.2. The summed E-state index contributed by atoms with van der Waals surface area (Å²) in [6.45, 7) is 12.2. The molecule has 0 aliphatic heterocycles. The molecule has 2 rings (SSSR count). The molecule has 3 nitrogen and oxygen atoms in total. The topological polar surface area (TPSA) is 38.3 Å². The van der Waals surface area contributed by atoms with E-state index in [1.165, 1.54) is 16.7 Å². The Morgan fingerprint density at radius 1 is 1.00 bits per heavy atom. The van der Waals surface area contributed by atoms with Crippen molar-refractivity contribution in [3.8, 4) is 5.75 Å². The zero-order valence-electron chi connectivity index (χ0n) is 16.1. The van der Waals surface area contributed by atoms with Gasteiger partial charge in [-0.1, -0.05) is 48.4 Å². The van der Waals surface area contributed by atoms with Crippen LogP contribution in [0.2, 0.25) is 0 Å². The maximum Gasteiger partial charge on any atom is 0.261 e. The molecule has 2 aromatic rings. The second kappa shape index (κ2) is 8.19. The van der Waals surface area contributed by atoms with E-state index in [9.17, 15) is 4.79 Å². The minimum absolute atomic E-state index is 0.0511. The van der Waals surface area contributed by atoms with Crippen molar-refractivity contribution in [3.05, 3.63) is 64.2 Å². The highest BCUT2D eigenvalue weighted by Gasteiger charge is 2.22. The first-order chi connectivity index (χ1) is 11.8. The van der Waals surface area contributed by atoms with Gasteiger partial charge in [0.2, 0.25) is 0 Å². The molecule has 0 radical (unpaired) electrons. The summed E-state index contributed by atoms with van der Waals surface area (Å²) in [5.41, 5.74) is 5.79. The fourth-order valence-electron chi connectivity index (χ4n) is 3.10. The van der Waals surface area contributed by atoms with E-state index in [-0.39, 0.29) is 11.9 Å². The van der Waals surface area contributed by atoms with Crippen LogP contribution < -0.4 is 10.1 Å². The summed E-state index contributed by atoms with van der Waals surface area (Å²) in [5, 5.41) is 3.09. The second-order valence-corrected chi connectivity index (χ2v) is 6.87. The van der Waals surface area contributed by atoms with Crippen LogP contribution in [0.3, 0.4) is 0 Å². The van der Waals surface area contributed by atoms with Crippen LogP contribution in [0, 0.1) is 27.7 Å². The standard InChI is InChI=1S/C22H29NO2/c1-7-20(25-21-11-9-15(3)13-17(21)5)22(24)23-18(6)19-10-8-14(2)12-16(19)4/h8-13,18,20H,7H2,1-6H3,(H,23,24)/t18-,20-/m0/s1. The molecule has 0 saturated carbocycles. The van der Waals surface area contributed by atoms with Crippen molar-refractivity contribution in [1.82, 2.24) is 5.32 Å². The van der Waals surface area contributed by atoms with Crippen molar-refractivity contribution in [3.63, 3.8) is 0 Å². The quantitative estimate of drug-likeness (QED) is 0.808. The molecule has 1 N–H and O–H groups in total. The first-order valence-corrected chi connectivity index (χ1v) is 8.93. The molecule has 1 amide bonds. The van der Waals surface area contributed by atoms with E-state index in [0.717, 1.165) is 16.9 Å². The summed E-state index contributed by atoms with van der Waals surface area (Å²) in [5.74, 6) is 0.696. The number of benzene rings is 2. The molecule has 0 saturated heterocycles. The van der Waals surface area contributed by atoms with Crippen molar-refractivity contribution in [1.29, 1.82) is 0 Å². The van der Waals surface area contributed by atoms with Gasteiger partial charge in [0.15, 0.2) is 6.10 Å². The number of rotatable bonds is 6. The average molecular weight is 339 g/mol. The molecule has 0 aromatic heterocycles. The Bertz CT molecular complexity index is 752. The van der Waals surface area contributed by atoms with E-state index >= 15 is 0 Å². The number of carbonyl (C=O) groups is 1. The third-order valence-electron chi connectivity index (χ3n) is 4.51. The molecule has 0 heterocycles. The maximum absolute atomic E-state index is 12.7. The van der Waals surface area contributed by atoms with Gasteiger partial charge in [0.05, 0.1) is 6.04 Å². The Labute approximate surface area is 151 Å². The minimum Gasteiger partial charge on any atom is -0.480 e. The van der Waals surface area contributed by atoms with E-state index < -0.39 is 6.10 Å². The summed E-state index contributed by atoms with van der Waals surface area (Å²) >= 11 is 0. The van der Waals surface area contributed by atoms with Crippen molar-refractivity contribution in [2.24, 2.45) is 0 Å². The van der Waals surface area contributed by atoms with Gasteiger partial charge in [0.25, 0.3) is 5.91 Å². The monoisotopic (exact) mass is 339 g/mol. The van der Waals surface area contributed by atoms with Gasteiger partial charge in [0.1, 0.15) is 5.75 Å². The molecule has 0 aliphatic carbocycles. The Balaban J connectivity index is 2.08. The molecular formula is C22H29NO2. The van der Waals surface area contributed by atoms with Crippen LogP contribution in [-0.2, 0) is 4.79 Å². The van der Waals surface area contributed by atoms with Gasteiger partial charge in [-0.25, -0.2) is 0 Å². The van der Waals surface area contributed by atoms with Crippen LogP contribution in [0.25, 0.3) is 0 Å². The van der Waals surface area contributed by atoms with Gasteiger partial charge in [-0.2, -0.15) is 0 Å². The lowest BCUT2D eigenvalue weighted by atomic mass is 10.00. The highest BCUT2D eigenvalue weighted by atomic mass is 16.5. The third kappa shape index (κ3) is 4.85. The zero-order valence-corrected chi connectivity index (χ0v) is 16.1. The molecule has 3 heteroatoms. The lowest BCUT2D eigenvalue weighted by Crippen LogP contribution is -2.39. The first kappa shape index (κ1) is 19.0. The van der Waals surface area contributed by atoms with Crippen LogP contribution in [0.1, 0.15) is 54.1 Å². The maximum atomic E-state index is 12.7. The van der Waals surface area contributed by atoms with Gasteiger partial charge in [0, 0.05) is 0 Å². The molecule has 0 spiro atoms. The van der Waals surface area contributed by atoms with Crippen LogP contribution in [0.4, 0.5) is 0 Å². The Morgan fingerprint density at radius 3 is 2.16 bits per heavy atom. The summed E-state index contributed by atoms with van der Waals surface area (Å²) in [6, 6.07) is 12.3. The molecule has 2 aromatic carbocycles. The van der Waals surface area contributed by atoms with Gasteiger partial charge >= 0.3 is 0 Å². The Hall–Kier alpha value is -2.29. The molecule has 0 fully saturated rings. The molecule has 134 valence electrons. The fraction of sp³-hybridized carbons (Fsp3) is 0.409. The number of hydrogen-bond acceptors (Lipinski definition) is 2. The van der Waals surface area contributed by atoms with E-state index in [4.69, 9.17) is 4.74 Å². The molecule has 0 unspecified atom stereocenters. The van der Waals surface area contributed by atoms with E-state index in [1.54, 1.807) is 0 Å². The van der Waals surface area contributed by atoms with Crippen molar-refractivity contribution >= 4 is 5.91 Å². The van der Waals surface area contributed by atoms with E-state index in [0.29, 0.717) is 6.42 Å². The summed E-state index contributed by atoms with van der Waals surface area (Å²) < 4.78 is 5.99. The Kier molecular flexibility index (Phi) is 6.24. The zero-order chi connectivity index (χ0) is 18.6. The fourth-order valence-corrected chi connectivity index (χ4v) is 3.10. The smallest absolute Gasteiger partial charge is 0.261 e. The Morgan fingerprint density at radius 2 is 1.60 bits per heavy atom. The van der Waals surface area contributed by atoms with Crippen LogP contribution >= 0.6 is 0 Å². The summed E-state index contributed by atoms with van der Waals surface area (Å²) in [6.07, 6.45) is 0.133. The van der Waals surface area contributed by atoms with Crippen molar-refractivity contribution < 1.29 is 9.53 Å². The number of amides is 1. The SMILES string of the molecule is CC[C@H](Oc1ccc(C)cc1C)C(=O)N[C@@H](C)c1ccc(C)cc1C. The number of hydrogen-bond donors (Lipinski definition) is 1. The molecule has 25 heavy (non-hydrogen) atoms. The lowest BCUT2D eigenvalue weighted by Gasteiger charge is -2.22. The summed E-state index contributed by atoms with van der Waals surface area (Å²) in [4.78, 5) is 12.7. The number of carbonyl (C=O) groups excluding carboxylic acids is 1. The second-order valence-electron chi connectivity index (χ2n) is 6.87. The minimum atomic E-state index is -0.491. The van der Waals surface area contributed by atoms with Gasteiger partial charge in [-0.05, 0) is 63.8 Å². The number of ether oxygens (including phenoxy) is 1. The average Bonchev–Trinajstić information content (AvgIpc) is 2.53. The molecular weight excluding hydrogens is 310 g/mol. The van der Waals surface area contributed by atoms with E-state index in [1.807, 2.05) is 39.8 Å². The van der Waals surface area contributed by atoms with Gasteiger partial charge < -0.3 is 10.1 Å². The summed E-state index contributed by atoms with van der Waals surface area (Å²) in [7, 11) is 0.